The van der Waals surface area contributed by atoms with Gasteiger partial charge in [0, 0.05) is 24.8 Å². The first-order valence-corrected chi connectivity index (χ1v) is 10.4. The average Bonchev–Trinajstić information content (AvgIpc) is 2.67. The number of para-hydroxylation sites is 1. The van der Waals surface area contributed by atoms with Crippen LogP contribution in [-0.4, -0.2) is 32.2 Å². The highest BCUT2D eigenvalue weighted by Crippen LogP contribution is 2.18. The molecule has 0 bridgehead atoms. The summed E-state index contributed by atoms with van der Waals surface area (Å²) in [5.74, 6) is -0.195. The number of aryl methyl sites for hydroxylation is 1. The molecule has 0 saturated carbocycles. The van der Waals surface area contributed by atoms with Crippen molar-refractivity contribution in [3.8, 4) is 0 Å². The molecule has 0 aliphatic rings. The molecular weight excluding hydrogens is 368 g/mol. The van der Waals surface area contributed by atoms with Gasteiger partial charge in [0.1, 0.15) is 0 Å². The third-order valence-electron chi connectivity index (χ3n) is 4.11. The van der Waals surface area contributed by atoms with Crippen LogP contribution in [0, 0.1) is 10.1 Å². The molecule has 1 N–H and O–H groups in total. The van der Waals surface area contributed by atoms with Gasteiger partial charge in [-0.3, -0.25) is 10.1 Å². The van der Waals surface area contributed by atoms with Crippen LogP contribution in [0.25, 0.3) is 0 Å². The summed E-state index contributed by atoms with van der Waals surface area (Å²) in [5.41, 5.74) is 1.42. The van der Waals surface area contributed by atoms with Crippen LogP contribution in [-0.2, 0) is 21.2 Å². The summed E-state index contributed by atoms with van der Waals surface area (Å²) in [5, 5.41) is 11.0. The molecule has 146 valence electrons. The average molecular weight is 392 g/mol. The van der Waals surface area contributed by atoms with Gasteiger partial charge < -0.3 is 4.74 Å². The number of sulfonamides is 1. The molecular formula is C19H24N2O5S. The predicted molar refractivity (Wildman–Crippen MR) is 104 cm³/mol. The predicted octanol–water partition coefficient (Wildman–Crippen LogP) is 3.22. The number of hydrogen-bond donors (Lipinski definition) is 1. The molecule has 2 aromatic rings. The fourth-order valence-corrected chi connectivity index (χ4v) is 3.69. The maximum atomic E-state index is 12.1. The van der Waals surface area contributed by atoms with Crippen molar-refractivity contribution in [1.29, 1.82) is 0 Å². The molecule has 0 aromatic heterocycles. The number of nitrogens with one attached hydrogen (secondary N) is 1. The fourth-order valence-electron chi connectivity index (χ4n) is 2.60. The first kappa shape index (κ1) is 21.0. The standard InChI is InChI=1S/C19H24N2O5S/c1-16(17-8-3-2-4-9-17)26-14-7-13-20-27(24,25)15-12-18-10-5-6-11-19(18)21(22)23/h2-6,8-11,16,20H,7,12-15H2,1H3/t16-/m1/s1. The van der Waals surface area contributed by atoms with Crippen molar-refractivity contribution in [2.24, 2.45) is 0 Å². The molecule has 0 aliphatic heterocycles. The molecule has 0 amide bonds. The topological polar surface area (TPSA) is 98.5 Å². The molecule has 0 radical (unpaired) electrons. The quantitative estimate of drug-likeness (QED) is 0.360. The lowest BCUT2D eigenvalue weighted by Crippen LogP contribution is -2.29. The summed E-state index contributed by atoms with van der Waals surface area (Å²) < 4.78 is 32.4. The van der Waals surface area contributed by atoms with Crippen molar-refractivity contribution < 1.29 is 18.1 Å². The lowest BCUT2D eigenvalue weighted by atomic mass is 10.1. The van der Waals surface area contributed by atoms with E-state index in [0.717, 1.165) is 5.56 Å². The van der Waals surface area contributed by atoms with Gasteiger partial charge in [-0.1, -0.05) is 48.5 Å². The third-order valence-corrected chi connectivity index (χ3v) is 5.49. The highest BCUT2D eigenvalue weighted by atomic mass is 32.2. The van der Waals surface area contributed by atoms with Crippen molar-refractivity contribution >= 4 is 15.7 Å². The zero-order valence-corrected chi connectivity index (χ0v) is 16.0. The number of nitro groups is 1. The molecule has 1 atom stereocenters. The van der Waals surface area contributed by atoms with Crippen LogP contribution in [0.3, 0.4) is 0 Å². The third kappa shape index (κ3) is 7.09. The first-order valence-electron chi connectivity index (χ1n) is 8.75. The Labute approximate surface area is 159 Å². The molecule has 2 rings (SSSR count). The van der Waals surface area contributed by atoms with Gasteiger partial charge in [0.25, 0.3) is 5.69 Å². The molecule has 0 fully saturated rings. The number of ether oxygens (including phenoxy) is 1. The molecule has 2 aromatic carbocycles. The second-order valence-corrected chi connectivity index (χ2v) is 8.05. The molecule has 0 heterocycles. The Morgan fingerprint density at radius 3 is 2.48 bits per heavy atom. The summed E-state index contributed by atoms with van der Waals surface area (Å²) >= 11 is 0. The monoisotopic (exact) mass is 392 g/mol. The molecule has 7 nitrogen and oxygen atoms in total. The second kappa shape index (κ2) is 10.1. The normalized spacial score (nSPS) is 12.6. The maximum absolute atomic E-state index is 12.1. The Bertz CT molecular complexity index is 840. The molecule has 8 heteroatoms. The van der Waals surface area contributed by atoms with Gasteiger partial charge in [-0.05, 0) is 25.3 Å². The van der Waals surface area contributed by atoms with Crippen LogP contribution in [0.15, 0.2) is 54.6 Å². The molecule has 0 saturated heterocycles. The van der Waals surface area contributed by atoms with Crippen molar-refractivity contribution in [3.63, 3.8) is 0 Å². The van der Waals surface area contributed by atoms with Crippen molar-refractivity contribution in [2.75, 3.05) is 18.9 Å². The van der Waals surface area contributed by atoms with Crippen LogP contribution >= 0.6 is 0 Å². The summed E-state index contributed by atoms with van der Waals surface area (Å²) in [7, 11) is -3.50. The first-order chi connectivity index (χ1) is 12.9. The number of rotatable bonds is 11. The molecule has 0 aliphatic carbocycles. The number of nitrogens with zero attached hydrogens (tertiary/aromatic N) is 1. The van der Waals surface area contributed by atoms with Gasteiger partial charge in [-0.15, -0.1) is 0 Å². The van der Waals surface area contributed by atoms with Crippen LogP contribution < -0.4 is 4.72 Å². The summed E-state index contributed by atoms with van der Waals surface area (Å²) in [4.78, 5) is 10.5. The minimum absolute atomic E-state index is 0.0542. The lowest BCUT2D eigenvalue weighted by Gasteiger charge is -2.13. The van der Waals surface area contributed by atoms with E-state index in [1.807, 2.05) is 37.3 Å². The number of hydrogen-bond acceptors (Lipinski definition) is 5. The molecule has 27 heavy (non-hydrogen) atoms. The van der Waals surface area contributed by atoms with Crippen LogP contribution in [0.2, 0.25) is 0 Å². The zero-order valence-electron chi connectivity index (χ0n) is 15.2. The van der Waals surface area contributed by atoms with E-state index in [4.69, 9.17) is 4.74 Å². The molecule has 0 spiro atoms. The zero-order chi connectivity index (χ0) is 19.7. The minimum Gasteiger partial charge on any atom is -0.374 e. The largest absolute Gasteiger partial charge is 0.374 e. The van der Waals surface area contributed by atoms with E-state index in [1.165, 1.54) is 6.07 Å². The van der Waals surface area contributed by atoms with Crippen LogP contribution in [0.5, 0.6) is 0 Å². The van der Waals surface area contributed by atoms with Gasteiger partial charge in [-0.25, -0.2) is 13.1 Å². The summed E-state index contributed by atoms with van der Waals surface area (Å²) in [6, 6.07) is 16.0. The van der Waals surface area contributed by atoms with E-state index in [9.17, 15) is 18.5 Å². The van der Waals surface area contributed by atoms with E-state index < -0.39 is 14.9 Å². The Hall–Kier alpha value is -2.29. The van der Waals surface area contributed by atoms with Crippen molar-refractivity contribution in [1.82, 2.24) is 4.72 Å². The van der Waals surface area contributed by atoms with E-state index in [-0.39, 0.29) is 30.5 Å². The summed E-state index contributed by atoms with van der Waals surface area (Å²) in [6.07, 6.45) is 0.581. The van der Waals surface area contributed by atoms with Gasteiger partial charge in [-0.2, -0.15) is 0 Å². The smallest absolute Gasteiger partial charge is 0.272 e. The van der Waals surface area contributed by atoms with E-state index in [0.29, 0.717) is 18.6 Å². The Morgan fingerprint density at radius 2 is 1.78 bits per heavy atom. The van der Waals surface area contributed by atoms with Gasteiger partial charge >= 0.3 is 0 Å². The summed E-state index contributed by atoms with van der Waals surface area (Å²) in [6.45, 7) is 2.65. The van der Waals surface area contributed by atoms with E-state index >= 15 is 0 Å². The molecule has 0 unspecified atom stereocenters. The fraction of sp³-hybridized carbons (Fsp3) is 0.368. The van der Waals surface area contributed by atoms with E-state index in [2.05, 4.69) is 4.72 Å². The van der Waals surface area contributed by atoms with Crippen LogP contribution in [0.4, 0.5) is 5.69 Å². The van der Waals surface area contributed by atoms with Crippen molar-refractivity contribution in [3.05, 3.63) is 75.8 Å². The van der Waals surface area contributed by atoms with Gasteiger partial charge in [0.15, 0.2) is 0 Å². The SMILES string of the molecule is C[C@@H](OCCCNS(=O)(=O)CCc1ccccc1[N+](=O)[O-])c1ccccc1. The van der Waals surface area contributed by atoms with Crippen LogP contribution in [0.1, 0.15) is 30.6 Å². The highest BCUT2D eigenvalue weighted by Gasteiger charge is 2.16. The Kier molecular flexibility index (Phi) is 7.90. The minimum atomic E-state index is -3.50. The number of benzene rings is 2. The van der Waals surface area contributed by atoms with Gasteiger partial charge in [0.2, 0.25) is 10.0 Å². The van der Waals surface area contributed by atoms with E-state index in [1.54, 1.807) is 18.2 Å². The van der Waals surface area contributed by atoms with Crippen molar-refractivity contribution in [2.45, 2.75) is 25.9 Å². The lowest BCUT2D eigenvalue weighted by molar-refractivity contribution is -0.385. The maximum Gasteiger partial charge on any atom is 0.272 e. The second-order valence-electron chi connectivity index (χ2n) is 6.13. The number of nitro benzene ring substituents is 1. The Balaban J connectivity index is 1.72. The van der Waals surface area contributed by atoms with Gasteiger partial charge in [0.05, 0.1) is 16.8 Å². The Morgan fingerprint density at radius 1 is 1.11 bits per heavy atom. The highest BCUT2D eigenvalue weighted by molar-refractivity contribution is 7.89.